The van der Waals surface area contributed by atoms with Crippen LogP contribution in [0, 0.1) is 40.7 Å². The summed E-state index contributed by atoms with van der Waals surface area (Å²) in [5.74, 6) is -11.1. The molecule has 0 aliphatic carbocycles. The van der Waals surface area contributed by atoms with Gasteiger partial charge in [0.15, 0.2) is 17.5 Å². The molecule has 0 aromatic heterocycles. The van der Waals surface area contributed by atoms with Crippen LogP contribution in [0.25, 0.3) is 33.4 Å². The van der Waals surface area contributed by atoms with E-state index < -0.39 is 69.3 Å². The quantitative estimate of drug-likeness (QED) is 0.0917. The SMILES string of the molecule is C=CCOc1ccc(-c2ccc(-c3cc(F)c(C(F)(F)Oc4ccc(-c5cc(F)c(F)c(F)c5)c(F)c4)c(F)c3)c(F)c2)cc1. The van der Waals surface area contributed by atoms with Crippen molar-refractivity contribution >= 4 is 0 Å². The second-order valence-electron chi connectivity index (χ2n) is 9.65. The van der Waals surface area contributed by atoms with Crippen molar-refractivity contribution in [2.45, 2.75) is 6.11 Å². The molecule has 0 saturated heterocycles. The third kappa shape index (κ3) is 6.52. The molecule has 0 aliphatic heterocycles. The molecule has 0 amide bonds. The molecule has 5 aromatic carbocycles. The number of benzene rings is 5. The average molecular weight is 631 g/mol. The fourth-order valence-corrected chi connectivity index (χ4v) is 4.54. The van der Waals surface area contributed by atoms with E-state index in [1.54, 1.807) is 30.3 Å². The van der Waals surface area contributed by atoms with Gasteiger partial charge in [0.1, 0.15) is 46.9 Å². The van der Waals surface area contributed by atoms with E-state index in [1.807, 2.05) is 0 Å². The molecule has 0 unspecified atom stereocenters. The van der Waals surface area contributed by atoms with E-state index in [1.165, 1.54) is 12.1 Å². The van der Waals surface area contributed by atoms with E-state index in [0.29, 0.717) is 53.8 Å². The largest absolute Gasteiger partial charge is 0.490 e. The Morgan fingerprint density at radius 3 is 1.53 bits per heavy atom. The minimum absolute atomic E-state index is 0.274. The van der Waals surface area contributed by atoms with Crippen molar-refractivity contribution in [3.63, 3.8) is 0 Å². The van der Waals surface area contributed by atoms with E-state index in [9.17, 15) is 35.1 Å². The molecule has 0 radical (unpaired) electrons. The van der Waals surface area contributed by atoms with Gasteiger partial charge in [0.25, 0.3) is 0 Å². The van der Waals surface area contributed by atoms with E-state index in [0.717, 1.165) is 18.2 Å². The maximum absolute atomic E-state index is 15.1. The van der Waals surface area contributed by atoms with Crippen molar-refractivity contribution in [1.29, 1.82) is 0 Å². The summed E-state index contributed by atoms with van der Waals surface area (Å²) in [6.45, 7) is 3.85. The highest BCUT2D eigenvalue weighted by molar-refractivity contribution is 5.72. The first-order valence-electron chi connectivity index (χ1n) is 13.0. The Hall–Kier alpha value is -5.19. The first-order chi connectivity index (χ1) is 21.4. The molecule has 5 rings (SSSR count). The molecule has 0 bridgehead atoms. The Kier molecular flexibility index (Phi) is 8.63. The minimum Gasteiger partial charge on any atom is -0.490 e. The second kappa shape index (κ2) is 12.4. The molecule has 5 aromatic rings. The summed E-state index contributed by atoms with van der Waals surface area (Å²) >= 11 is 0. The molecule has 45 heavy (non-hydrogen) atoms. The van der Waals surface area contributed by atoms with E-state index >= 15 is 4.39 Å². The van der Waals surface area contributed by atoms with Crippen LogP contribution in [-0.2, 0) is 6.11 Å². The maximum Gasteiger partial charge on any atom is 0.432 e. The smallest absolute Gasteiger partial charge is 0.432 e. The standard InChI is InChI=1S/C34H19F9O2/c1-2-11-44-22-6-3-18(4-7-22)19-5-9-24(26(35)12-19)20-13-28(37)32(29(38)14-20)34(42,43)45-23-8-10-25(27(36)17-23)21-15-30(39)33(41)31(40)16-21/h2-10,12-17H,1,11H2. The summed E-state index contributed by atoms with van der Waals surface area (Å²) in [6, 6.07) is 14.4. The monoisotopic (exact) mass is 630 g/mol. The first kappa shape index (κ1) is 31.2. The molecule has 0 heterocycles. The molecule has 0 aliphatic rings. The number of hydrogen-bond acceptors (Lipinski definition) is 2. The third-order valence-electron chi connectivity index (χ3n) is 6.65. The molecule has 0 saturated carbocycles. The Morgan fingerprint density at radius 2 is 1.00 bits per heavy atom. The van der Waals surface area contributed by atoms with Crippen LogP contribution in [0.2, 0.25) is 0 Å². The van der Waals surface area contributed by atoms with Gasteiger partial charge >= 0.3 is 6.11 Å². The van der Waals surface area contributed by atoms with Gasteiger partial charge in [-0.05, 0) is 76.9 Å². The van der Waals surface area contributed by atoms with Crippen LogP contribution in [0.15, 0.2) is 97.6 Å². The predicted molar refractivity (Wildman–Crippen MR) is 149 cm³/mol. The molecule has 0 atom stereocenters. The molecule has 2 nitrogen and oxygen atoms in total. The zero-order chi connectivity index (χ0) is 32.5. The number of ether oxygens (including phenoxy) is 2. The lowest BCUT2D eigenvalue weighted by atomic mass is 9.98. The Morgan fingerprint density at radius 1 is 0.533 bits per heavy atom. The van der Waals surface area contributed by atoms with Crippen molar-refractivity contribution in [3.05, 3.63) is 144 Å². The van der Waals surface area contributed by atoms with Crippen LogP contribution in [0.4, 0.5) is 39.5 Å². The van der Waals surface area contributed by atoms with Gasteiger partial charge in [0, 0.05) is 17.2 Å². The lowest BCUT2D eigenvalue weighted by molar-refractivity contribution is -0.189. The van der Waals surface area contributed by atoms with Gasteiger partial charge in [0.05, 0.1) is 0 Å². The Labute approximate surface area is 250 Å². The number of rotatable bonds is 9. The van der Waals surface area contributed by atoms with Crippen molar-refractivity contribution in [2.75, 3.05) is 6.61 Å². The van der Waals surface area contributed by atoms with Gasteiger partial charge in [-0.3, -0.25) is 0 Å². The number of alkyl halides is 2. The van der Waals surface area contributed by atoms with Crippen LogP contribution in [0.1, 0.15) is 5.56 Å². The van der Waals surface area contributed by atoms with Crippen LogP contribution in [0.5, 0.6) is 11.5 Å². The molecule has 0 fully saturated rings. The van der Waals surface area contributed by atoms with E-state index in [2.05, 4.69) is 11.3 Å². The fourth-order valence-electron chi connectivity index (χ4n) is 4.54. The highest BCUT2D eigenvalue weighted by Gasteiger charge is 2.41. The number of halogens is 9. The van der Waals surface area contributed by atoms with Crippen molar-refractivity contribution in [1.82, 2.24) is 0 Å². The summed E-state index contributed by atoms with van der Waals surface area (Å²) in [4.78, 5) is 0. The number of hydrogen-bond donors (Lipinski definition) is 0. The van der Waals surface area contributed by atoms with Crippen LogP contribution in [0.3, 0.4) is 0 Å². The average Bonchev–Trinajstić information content (AvgIpc) is 2.98. The predicted octanol–water partition coefficient (Wildman–Crippen LogP) is 10.4. The van der Waals surface area contributed by atoms with Gasteiger partial charge in [0.2, 0.25) is 0 Å². The Bertz CT molecular complexity index is 1860. The van der Waals surface area contributed by atoms with Crippen LogP contribution < -0.4 is 9.47 Å². The molecule has 11 heteroatoms. The lowest BCUT2D eigenvalue weighted by Crippen LogP contribution is -2.25. The van der Waals surface area contributed by atoms with Crippen LogP contribution in [-0.4, -0.2) is 6.61 Å². The fraction of sp³-hybridized carbons (Fsp3) is 0.0588. The minimum atomic E-state index is -4.68. The molecule has 230 valence electrons. The van der Waals surface area contributed by atoms with Gasteiger partial charge in [-0.1, -0.05) is 36.9 Å². The van der Waals surface area contributed by atoms with E-state index in [-0.39, 0.29) is 11.1 Å². The van der Waals surface area contributed by atoms with Gasteiger partial charge in [-0.15, -0.1) is 0 Å². The first-order valence-corrected chi connectivity index (χ1v) is 13.0. The highest BCUT2D eigenvalue weighted by atomic mass is 19.3. The summed E-state index contributed by atoms with van der Waals surface area (Å²) in [5, 5.41) is 0. The Balaban J connectivity index is 1.38. The topological polar surface area (TPSA) is 18.5 Å². The lowest BCUT2D eigenvalue weighted by Gasteiger charge is -2.20. The summed E-state index contributed by atoms with van der Waals surface area (Å²) < 4.78 is 140. The van der Waals surface area contributed by atoms with Crippen molar-refractivity contribution < 1.29 is 49.0 Å². The third-order valence-corrected chi connectivity index (χ3v) is 6.65. The van der Waals surface area contributed by atoms with Crippen LogP contribution >= 0.6 is 0 Å². The van der Waals surface area contributed by atoms with Gasteiger partial charge in [-0.25, -0.2) is 30.7 Å². The maximum atomic E-state index is 15.1. The van der Waals surface area contributed by atoms with Gasteiger partial charge in [-0.2, -0.15) is 8.78 Å². The zero-order valence-corrected chi connectivity index (χ0v) is 22.8. The second-order valence-corrected chi connectivity index (χ2v) is 9.65. The zero-order valence-electron chi connectivity index (χ0n) is 22.8. The molecular weight excluding hydrogens is 611 g/mol. The van der Waals surface area contributed by atoms with Crippen molar-refractivity contribution in [3.8, 4) is 44.9 Å². The molecule has 0 spiro atoms. The van der Waals surface area contributed by atoms with E-state index in [4.69, 9.17) is 4.74 Å². The molecule has 0 N–H and O–H groups in total. The molecular formula is C34H19F9O2. The summed E-state index contributed by atoms with van der Waals surface area (Å²) in [5.41, 5.74) is -2.38. The normalized spacial score (nSPS) is 11.4. The summed E-state index contributed by atoms with van der Waals surface area (Å²) in [6.07, 6.45) is -3.11. The highest BCUT2D eigenvalue weighted by Crippen LogP contribution is 2.39. The summed E-state index contributed by atoms with van der Waals surface area (Å²) in [7, 11) is 0. The van der Waals surface area contributed by atoms with Gasteiger partial charge < -0.3 is 9.47 Å². The van der Waals surface area contributed by atoms with Crippen molar-refractivity contribution in [2.24, 2.45) is 0 Å².